The van der Waals surface area contributed by atoms with Gasteiger partial charge in [0.25, 0.3) is 0 Å². The molecule has 41 heavy (non-hydrogen) atoms. The van der Waals surface area contributed by atoms with Gasteiger partial charge < -0.3 is 25.4 Å². The number of likely N-dealkylation sites (tertiary alicyclic amines) is 1. The van der Waals surface area contributed by atoms with Crippen molar-refractivity contribution in [2.45, 2.75) is 50.6 Å². The number of rotatable bonds is 6. The number of benzene rings is 3. The number of amides is 3. The van der Waals surface area contributed by atoms with Gasteiger partial charge in [0.1, 0.15) is 6.04 Å². The second kappa shape index (κ2) is 11.8. The fraction of sp³-hybridized carbons (Fsp3) is 0.353. The second-order valence-corrected chi connectivity index (χ2v) is 11.6. The van der Waals surface area contributed by atoms with Gasteiger partial charge in [0.15, 0.2) is 0 Å². The third-order valence-electron chi connectivity index (χ3n) is 8.90. The van der Waals surface area contributed by atoms with Crippen LogP contribution in [-0.2, 0) is 17.8 Å². The van der Waals surface area contributed by atoms with Crippen LogP contribution in [0.15, 0.2) is 79.0 Å². The van der Waals surface area contributed by atoms with Crippen molar-refractivity contribution in [2.75, 3.05) is 32.0 Å². The van der Waals surface area contributed by atoms with Crippen molar-refractivity contribution in [3.8, 4) is 0 Å². The first-order valence-electron chi connectivity index (χ1n) is 14.7. The topological polar surface area (TPSA) is 80.5 Å². The first-order chi connectivity index (χ1) is 20.0. The molecule has 7 heteroatoms. The first-order valence-corrected chi connectivity index (χ1v) is 14.7. The van der Waals surface area contributed by atoms with Gasteiger partial charge in [-0.2, -0.15) is 0 Å². The molecule has 3 heterocycles. The van der Waals surface area contributed by atoms with E-state index in [-0.39, 0.29) is 17.9 Å². The van der Waals surface area contributed by atoms with Gasteiger partial charge in [0.2, 0.25) is 5.91 Å². The Labute approximate surface area is 241 Å². The number of para-hydroxylation sites is 1. The minimum Gasteiger partial charge on any atom is -0.361 e. The number of piperidine rings is 1. The van der Waals surface area contributed by atoms with Crippen molar-refractivity contribution in [1.29, 1.82) is 0 Å². The molecule has 3 N–H and O–H groups in total. The maximum Gasteiger partial charge on any atom is 0.318 e. The highest BCUT2D eigenvalue weighted by molar-refractivity contribution is 5.98. The number of carbonyl (C=O) groups excluding carboxylic acids is 2. The van der Waals surface area contributed by atoms with Crippen LogP contribution in [0.3, 0.4) is 0 Å². The maximum atomic E-state index is 13.9. The molecule has 212 valence electrons. The van der Waals surface area contributed by atoms with Crippen molar-refractivity contribution in [1.82, 2.24) is 20.1 Å². The summed E-state index contributed by atoms with van der Waals surface area (Å²) in [7, 11) is 2.12. The molecular weight excluding hydrogens is 510 g/mol. The van der Waals surface area contributed by atoms with Crippen LogP contribution in [0.2, 0.25) is 0 Å². The van der Waals surface area contributed by atoms with Gasteiger partial charge in [-0.1, -0.05) is 61.5 Å². The summed E-state index contributed by atoms with van der Waals surface area (Å²) < 4.78 is 0. The summed E-state index contributed by atoms with van der Waals surface area (Å²) in [6.07, 6.45) is 4.80. The number of fused-ring (bicyclic) bond motifs is 2. The van der Waals surface area contributed by atoms with Crippen LogP contribution in [0.1, 0.15) is 53.9 Å². The van der Waals surface area contributed by atoms with Crippen LogP contribution in [0.5, 0.6) is 0 Å². The Morgan fingerprint density at radius 2 is 1.68 bits per heavy atom. The Bertz CT molecular complexity index is 1520. The van der Waals surface area contributed by atoms with Gasteiger partial charge >= 0.3 is 6.03 Å². The Morgan fingerprint density at radius 1 is 0.927 bits per heavy atom. The molecule has 1 aromatic heterocycles. The minimum absolute atomic E-state index is 0.185. The summed E-state index contributed by atoms with van der Waals surface area (Å²) in [6, 6.07) is 23.8. The minimum atomic E-state index is -0.743. The molecule has 1 fully saturated rings. The molecular formula is C34H39N5O2. The van der Waals surface area contributed by atoms with Crippen LogP contribution in [-0.4, -0.2) is 59.4 Å². The highest BCUT2D eigenvalue weighted by atomic mass is 16.2. The van der Waals surface area contributed by atoms with Gasteiger partial charge in [0, 0.05) is 54.9 Å². The normalized spacial score (nSPS) is 17.6. The van der Waals surface area contributed by atoms with Crippen molar-refractivity contribution in [3.63, 3.8) is 0 Å². The Hall–Kier alpha value is -4.10. The lowest BCUT2D eigenvalue weighted by atomic mass is 9.89. The van der Waals surface area contributed by atoms with Gasteiger partial charge in [0.05, 0.1) is 0 Å². The average Bonchev–Trinajstić information content (AvgIpc) is 3.44. The number of aromatic nitrogens is 1. The number of H-pyrrole nitrogens is 1. The Kier molecular flexibility index (Phi) is 7.79. The molecule has 0 radical (unpaired) electrons. The smallest absolute Gasteiger partial charge is 0.318 e. The zero-order chi connectivity index (χ0) is 28.3. The van der Waals surface area contributed by atoms with E-state index in [1.54, 1.807) is 0 Å². The van der Waals surface area contributed by atoms with E-state index in [0.29, 0.717) is 19.0 Å². The third kappa shape index (κ3) is 5.86. The predicted octanol–water partition coefficient (Wildman–Crippen LogP) is 5.86. The zero-order valence-corrected chi connectivity index (χ0v) is 23.9. The fourth-order valence-electron chi connectivity index (χ4n) is 6.43. The van der Waals surface area contributed by atoms with Crippen LogP contribution in [0.25, 0.3) is 10.9 Å². The molecule has 0 saturated carbocycles. The lowest BCUT2D eigenvalue weighted by molar-refractivity contribution is -0.118. The largest absolute Gasteiger partial charge is 0.361 e. The van der Waals surface area contributed by atoms with Crippen molar-refractivity contribution >= 4 is 28.5 Å². The summed E-state index contributed by atoms with van der Waals surface area (Å²) in [4.78, 5) is 35.0. The molecule has 6 rings (SSSR count). The number of likely N-dealkylation sites (N-methyl/N-ethyl adjacent to an activating group) is 1. The predicted molar refractivity (Wildman–Crippen MR) is 164 cm³/mol. The SMILES string of the molecule is C[C@H](c1c[nH]c2ccccc12)[C@@H](NC(=O)N1CCC(c2ccccc2)CC1)C(=O)Nc1ccc2c(c1)CN(C)CC2. The molecule has 0 aliphatic carbocycles. The van der Waals surface area contributed by atoms with Crippen LogP contribution in [0.4, 0.5) is 10.5 Å². The van der Waals surface area contributed by atoms with Gasteiger partial charge in [-0.25, -0.2) is 4.79 Å². The molecule has 2 aliphatic heterocycles. The molecule has 0 unspecified atom stereocenters. The number of anilines is 1. The zero-order valence-electron chi connectivity index (χ0n) is 23.9. The molecule has 1 saturated heterocycles. The van der Waals surface area contributed by atoms with E-state index in [2.05, 4.69) is 70.0 Å². The number of urea groups is 1. The van der Waals surface area contributed by atoms with Gasteiger partial charge in [-0.15, -0.1) is 0 Å². The van der Waals surface area contributed by atoms with Crippen molar-refractivity contribution < 1.29 is 9.59 Å². The lowest BCUT2D eigenvalue weighted by Gasteiger charge is -2.34. The number of carbonyl (C=O) groups is 2. The number of nitrogens with zero attached hydrogens (tertiary/aromatic N) is 2. The number of hydrogen-bond donors (Lipinski definition) is 3. The summed E-state index contributed by atoms with van der Waals surface area (Å²) in [5.41, 5.74) is 6.68. The van der Waals surface area contributed by atoms with E-state index in [0.717, 1.165) is 54.5 Å². The van der Waals surface area contributed by atoms with E-state index < -0.39 is 6.04 Å². The van der Waals surface area contributed by atoms with E-state index in [9.17, 15) is 9.59 Å². The highest BCUT2D eigenvalue weighted by Crippen LogP contribution is 2.31. The molecule has 2 aliphatic rings. The maximum absolute atomic E-state index is 13.9. The van der Waals surface area contributed by atoms with Gasteiger partial charge in [-0.3, -0.25) is 4.79 Å². The van der Waals surface area contributed by atoms with E-state index in [1.165, 1.54) is 16.7 Å². The molecule has 0 spiro atoms. The number of nitrogens with one attached hydrogen (secondary N) is 3. The summed E-state index contributed by atoms with van der Waals surface area (Å²) >= 11 is 0. The Balaban J connectivity index is 1.21. The standard InChI is InChI=1S/C34H39N5O2/c1-23(30-21-35-31-11-7-6-10-29(30)31)32(33(40)36-28-13-12-25-14-17-38(2)22-27(25)20-28)37-34(41)39-18-15-26(16-19-39)24-8-4-3-5-9-24/h3-13,20-21,23,26,32,35H,14-19,22H2,1-2H3,(H,36,40)(H,37,41)/t23-,32-/m1/s1. The van der Waals surface area contributed by atoms with Crippen molar-refractivity contribution in [2.24, 2.45) is 0 Å². The van der Waals surface area contributed by atoms with Crippen LogP contribution >= 0.6 is 0 Å². The van der Waals surface area contributed by atoms with E-state index in [4.69, 9.17) is 0 Å². The van der Waals surface area contributed by atoms with E-state index in [1.807, 2.05) is 48.4 Å². The molecule has 4 aromatic rings. The number of aromatic amines is 1. The molecule has 3 aromatic carbocycles. The number of hydrogen-bond acceptors (Lipinski definition) is 3. The summed E-state index contributed by atoms with van der Waals surface area (Å²) in [5.74, 6) is -0.00678. The lowest BCUT2D eigenvalue weighted by Crippen LogP contribution is -2.53. The molecule has 3 amide bonds. The molecule has 7 nitrogen and oxygen atoms in total. The Morgan fingerprint density at radius 3 is 2.49 bits per heavy atom. The van der Waals surface area contributed by atoms with Crippen molar-refractivity contribution in [3.05, 3.63) is 101 Å². The highest BCUT2D eigenvalue weighted by Gasteiger charge is 2.32. The second-order valence-electron chi connectivity index (χ2n) is 11.6. The monoisotopic (exact) mass is 549 g/mol. The first kappa shape index (κ1) is 27.1. The summed E-state index contributed by atoms with van der Waals surface area (Å²) in [5, 5.41) is 7.33. The van der Waals surface area contributed by atoms with E-state index >= 15 is 0 Å². The fourth-order valence-corrected chi connectivity index (χ4v) is 6.43. The molecule has 2 atom stereocenters. The third-order valence-corrected chi connectivity index (χ3v) is 8.90. The molecule has 0 bridgehead atoms. The average molecular weight is 550 g/mol. The van der Waals surface area contributed by atoms with Crippen LogP contribution in [0, 0.1) is 0 Å². The quantitative estimate of drug-likeness (QED) is 0.282. The summed E-state index contributed by atoms with van der Waals surface area (Å²) in [6.45, 7) is 5.25. The van der Waals surface area contributed by atoms with Crippen LogP contribution < -0.4 is 10.6 Å². The van der Waals surface area contributed by atoms with Gasteiger partial charge in [-0.05, 0) is 72.7 Å².